The molecule has 0 spiro atoms. The number of nitrogens with one attached hydrogen (secondary N) is 1. The molecular formula is C15H25N5O3S2. The molecule has 1 aromatic heterocycles. The number of thioether (sulfide) groups is 1. The predicted molar refractivity (Wildman–Crippen MR) is 99.2 cm³/mol. The molecule has 1 aromatic rings. The van der Waals surface area contributed by atoms with E-state index in [0.29, 0.717) is 38.5 Å². The molecular weight excluding hydrogens is 362 g/mol. The maximum Gasteiger partial charge on any atom is 0.409 e. The predicted octanol–water partition coefficient (Wildman–Crippen LogP) is 2.14. The van der Waals surface area contributed by atoms with Gasteiger partial charge in [0, 0.05) is 32.7 Å². The minimum absolute atomic E-state index is 0.0594. The first-order chi connectivity index (χ1) is 12.1. The van der Waals surface area contributed by atoms with E-state index in [1.165, 1.54) is 23.1 Å². The average molecular weight is 388 g/mol. The largest absolute Gasteiger partial charge is 0.450 e. The second-order valence-corrected chi connectivity index (χ2v) is 7.71. The first kappa shape index (κ1) is 19.8. The van der Waals surface area contributed by atoms with E-state index in [2.05, 4.69) is 22.4 Å². The summed E-state index contributed by atoms with van der Waals surface area (Å²) in [5.74, 6) is 0.396. The van der Waals surface area contributed by atoms with Crippen LogP contribution >= 0.6 is 23.1 Å². The summed E-state index contributed by atoms with van der Waals surface area (Å²) in [6.45, 7) is 7.29. The third kappa shape index (κ3) is 6.35. The van der Waals surface area contributed by atoms with Crippen molar-refractivity contribution in [2.75, 3.05) is 50.4 Å². The molecule has 1 aliphatic heterocycles. The lowest BCUT2D eigenvalue weighted by molar-refractivity contribution is -0.129. The smallest absolute Gasteiger partial charge is 0.409 e. The van der Waals surface area contributed by atoms with Gasteiger partial charge in [-0.3, -0.25) is 4.79 Å². The molecule has 10 heteroatoms. The second kappa shape index (κ2) is 10.4. The molecule has 0 aliphatic carbocycles. The van der Waals surface area contributed by atoms with Gasteiger partial charge in [0.2, 0.25) is 11.0 Å². The van der Waals surface area contributed by atoms with E-state index in [-0.39, 0.29) is 12.0 Å². The Morgan fingerprint density at radius 2 is 1.92 bits per heavy atom. The highest BCUT2D eigenvalue weighted by Crippen LogP contribution is 2.25. The molecule has 1 fully saturated rings. The monoisotopic (exact) mass is 387 g/mol. The Morgan fingerprint density at radius 1 is 1.20 bits per heavy atom. The Bertz CT molecular complexity index is 561. The van der Waals surface area contributed by atoms with Crippen molar-refractivity contribution in [3.8, 4) is 0 Å². The van der Waals surface area contributed by atoms with Crippen LogP contribution in [0.4, 0.5) is 9.93 Å². The van der Waals surface area contributed by atoms with Crippen molar-refractivity contribution < 1.29 is 14.3 Å². The van der Waals surface area contributed by atoms with Crippen molar-refractivity contribution in [1.29, 1.82) is 0 Å². The Kier molecular flexibility index (Phi) is 8.26. The average Bonchev–Trinajstić information content (AvgIpc) is 3.08. The molecule has 0 radical (unpaired) electrons. The Labute approximate surface area is 156 Å². The molecule has 1 N–H and O–H groups in total. The van der Waals surface area contributed by atoms with Gasteiger partial charge in [-0.15, -0.1) is 10.2 Å². The van der Waals surface area contributed by atoms with Crippen LogP contribution in [0.5, 0.6) is 0 Å². The number of ether oxygens (including phenoxy) is 1. The van der Waals surface area contributed by atoms with Gasteiger partial charge in [-0.25, -0.2) is 4.79 Å². The van der Waals surface area contributed by atoms with Gasteiger partial charge in [-0.1, -0.05) is 36.4 Å². The maximum atomic E-state index is 12.3. The minimum Gasteiger partial charge on any atom is -0.450 e. The fourth-order valence-electron chi connectivity index (χ4n) is 2.28. The number of hydrogen-bond donors (Lipinski definition) is 1. The highest BCUT2D eigenvalue weighted by atomic mass is 32.2. The number of nitrogens with zero attached hydrogens (tertiary/aromatic N) is 4. The minimum atomic E-state index is -0.305. The van der Waals surface area contributed by atoms with Gasteiger partial charge in [0.05, 0.1) is 12.4 Å². The first-order valence-electron chi connectivity index (χ1n) is 8.53. The van der Waals surface area contributed by atoms with E-state index >= 15 is 0 Å². The number of unbranched alkanes of at least 4 members (excludes halogenated alkanes) is 1. The molecule has 0 bridgehead atoms. The van der Waals surface area contributed by atoms with Crippen LogP contribution in [-0.4, -0.2) is 77.1 Å². The third-order valence-corrected chi connectivity index (χ3v) is 5.69. The second-order valence-electron chi connectivity index (χ2n) is 5.51. The van der Waals surface area contributed by atoms with E-state index in [4.69, 9.17) is 4.74 Å². The van der Waals surface area contributed by atoms with Crippen LogP contribution in [0.1, 0.15) is 26.7 Å². The van der Waals surface area contributed by atoms with Crippen LogP contribution in [0, 0.1) is 0 Å². The highest BCUT2D eigenvalue weighted by Gasteiger charge is 2.24. The van der Waals surface area contributed by atoms with Crippen molar-refractivity contribution in [1.82, 2.24) is 20.0 Å². The zero-order valence-corrected chi connectivity index (χ0v) is 16.3. The normalized spacial score (nSPS) is 14.5. The van der Waals surface area contributed by atoms with Crippen molar-refractivity contribution in [3.63, 3.8) is 0 Å². The summed E-state index contributed by atoms with van der Waals surface area (Å²) in [6, 6.07) is 0. The molecule has 1 aliphatic rings. The number of hydrogen-bond acceptors (Lipinski definition) is 8. The number of carbonyl (C=O) groups is 2. The molecule has 2 rings (SSSR count). The topological polar surface area (TPSA) is 87.7 Å². The molecule has 0 aromatic carbocycles. The summed E-state index contributed by atoms with van der Waals surface area (Å²) in [5.41, 5.74) is 0. The molecule has 1 saturated heterocycles. The maximum absolute atomic E-state index is 12.3. The zero-order chi connectivity index (χ0) is 18.1. The Morgan fingerprint density at radius 3 is 2.60 bits per heavy atom. The standard InChI is InChI=1S/C15H25N5O3S2/c1-3-5-6-16-13-17-18-14(25-13)24-11-12(21)19-7-9-20(10-8-19)15(22)23-4-2/h3-11H2,1-2H3,(H,16,17). The first-order valence-corrected chi connectivity index (χ1v) is 10.3. The molecule has 0 saturated carbocycles. The lowest BCUT2D eigenvalue weighted by Crippen LogP contribution is -2.51. The lowest BCUT2D eigenvalue weighted by atomic mass is 10.3. The van der Waals surface area contributed by atoms with Crippen molar-refractivity contribution in [2.45, 2.75) is 31.0 Å². The van der Waals surface area contributed by atoms with E-state index in [0.717, 1.165) is 28.9 Å². The summed E-state index contributed by atoms with van der Waals surface area (Å²) in [6.07, 6.45) is 1.92. The summed E-state index contributed by atoms with van der Waals surface area (Å²) in [7, 11) is 0. The molecule has 25 heavy (non-hydrogen) atoms. The van der Waals surface area contributed by atoms with E-state index < -0.39 is 0 Å². The van der Waals surface area contributed by atoms with Gasteiger partial charge in [0.25, 0.3) is 0 Å². The van der Waals surface area contributed by atoms with Gasteiger partial charge in [-0.05, 0) is 13.3 Å². The summed E-state index contributed by atoms with van der Waals surface area (Å²) in [5, 5.41) is 12.2. The van der Waals surface area contributed by atoms with Gasteiger partial charge in [0.1, 0.15) is 0 Å². The quantitative estimate of drug-likeness (QED) is 0.540. The van der Waals surface area contributed by atoms with Crippen LogP contribution in [0.15, 0.2) is 4.34 Å². The number of rotatable bonds is 8. The van der Waals surface area contributed by atoms with Crippen LogP contribution in [0.25, 0.3) is 0 Å². The highest BCUT2D eigenvalue weighted by molar-refractivity contribution is 8.01. The summed E-state index contributed by atoms with van der Waals surface area (Å²) < 4.78 is 5.77. The Balaban J connectivity index is 1.70. The number of carbonyl (C=O) groups excluding carboxylic acids is 2. The number of anilines is 1. The van der Waals surface area contributed by atoms with Crippen LogP contribution in [0.2, 0.25) is 0 Å². The molecule has 0 atom stereocenters. The van der Waals surface area contributed by atoms with Crippen molar-refractivity contribution in [3.05, 3.63) is 0 Å². The zero-order valence-electron chi connectivity index (χ0n) is 14.7. The van der Waals surface area contributed by atoms with Gasteiger partial charge < -0.3 is 19.9 Å². The lowest BCUT2D eigenvalue weighted by Gasteiger charge is -2.33. The van der Waals surface area contributed by atoms with Crippen LogP contribution in [0.3, 0.4) is 0 Å². The number of piperazine rings is 1. The molecule has 140 valence electrons. The van der Waals surface area contributed by atoms with Crippen LogP contribution in [-0.2, 0) is 9.53 Å². The van der Waals surface area contributed by atoms with E-state index in [1.807, 2.05) is 0 Å². The molecule has 0 unspecified atom stereocenters. The summed E-state index contributed by atoms with van der Waals surface area (Å²) in [4.78, 5) is 27.4. The fourth-order valence-corrected chi connectivity index (χ4v) is 3.96. The fraction of sp³-hybridized carbons (Fsp3) is 0.733. The Hall–Kier alpha value is -1.55. The van der Waals surface area contributed by atoms with Gasteiger partial charge in [-0.2, -0.15) is 0 Å². The van der Waals surface area contributed by atoms with E-state index in [9.17, 15) is 9.59 Å². The number of amides is 2. The van der Waals surface area contributed by atoms with Crippen molar-refractivity contribution in [2.24, 2.45) is 0 Å². The van der Waals surface area contributed by atoms with Gasteiger partial charge in [0.15, 0.2) is 4.34 Å². The molecule has 2 amide bonds. The van der Waals surface area contributed by atoms with Gasteiger partial charge >= 0.3 is 6.09 Å². The van der Waals surface area contributed by atoms with E-state index in [1.54, 1.807) is 16.7 Å². The molecule has 8 nitrogen and oxygen atoms in total. The van der Waals surface area contributed by atoms with Crippen LogP contribution < -0.4 is 5.32 Å². The SMILES string of the molecule is CCCCNc1nnc(SCC(=O)N2CCN(C(=O)OCC)CC2)s1. The molecule has 2 heterocycles. The third-order valence-electron chi connectivity index (χ3n) is 3.69. The van der Waals surface area contributed by atoms with Crippen molar-refractivity contribution >= 4 is 40.2 Å². The number of aromatic nitrogens is 2. The summed E-state index contributed by atoms with van der Waals surface area (Å²) >= 11 is 2.88.